The number of carboxylic acids is 1. The van der Waals surface area contributed by atoms with Crippen LogP contribution < -0.4 is 5.32 Å². The van der Waals surface area contributed by atoms with Crippen molar-refractivity contribution in [2.24, 2.45) is 0 Å². The molecule has 0 radical (unpaired) electrons. The molecule has 2 aromatic carbocycles. The van der Waals surface area contributed by atoms with Crippen LogP contribution in [0.3, 0.4) is 0 Å². The monoisotopic (exact) mass is 350 g/mol. The molecule has 3 N–H and O–H groups in total. The lowest BCUT2D eigenvalue weighted by Gasteiger charge is -2.10. The maximum Gasteiger partial charge on any atom is 0.303 e. The zero-order chi connectivity index (χ0) is 18.5. The lowest BCUT2D eigenvalue weighted by atomic mass is 10.1. The van der Waals surface area contributed by atoms with Crippen LogP contribution in [0.4, 0.5) is 5.69 Å². The van der Waals surface area contributed by atoms with Gasteiger partial charge in [-0.2, -0.15) is 0 Å². The highest BCUT2D eigenvalue weighted by Gasteiger charge is 2.10. The number of carbonyl (C=O) groups excluding carboxylic acids is 1. The molecule has 0 saturated heterocycles. The van der Waals surface area contributed by atoms with Crippen molar-refractivity contribution < 1.29 is 19.8 Å². The Kier molecular flexibility index (Phi) is 5.12. The molecule has 6 nitrogen and oxygen atoms in total. The first kappa shape index (κ1) is 17.4. The SMILES string of the molecule is O=C(O)CCc1ccc(O)c(NC(=O)Cc2ccc3ccncc3c2)c1. The highest BCUT2D eigenvalue weighted by molar-refractivity contribution is 5.94. The smallest absolute Gasteiger partial charge is 0.303 e. The fraction of sp³-hybridized carbons (Fsp3) is 0.150. The molecule has 0 fully saturated rings. The molecule has 3 aromatic rings. The van der Waals surface area contributed by atoms with E-state index in [9.17, 15) is 14.7 Å². The fourth-order valence-corrected chi connectivity index (χ4v) is 2.71. The Labute approximate surface area is 150 Å². The molecule has 0 aliphatic carbocycles. The number of rotatable bonds is 6. The molecule has 0 atom stereocenters. The van der Waals surface area contributed by atoms with E-state index < -0.39 is 5.97 Å². The second kappa shape index (κ2) is 7.65. The highest BCUT2D eigenvalue weighted by atomic mass is 16.4. The van der Waals surface area contributed by atoms with Crippen LogP contribution in [-0.4, -0.2) is 27.1 Å². The van der Waals surface area contributed by atoms with Crippen molar-refractivity contribution >= 4 is 28.3 Å². The third-order valence-electron chi connectivity index (χ3n) is 4.03. The Balaban J connectivity index is 1.70. The minimum Gasteiger partial charge on any atom is -0.506 e. The van der Waals surface area contributed by atoms with E-state index in [-0.39, 0.29) is 30.2 Å². The van der Waals surface area contributed by atoms with Crippen molar-refractivity contribution in [3.63, 3.8) is 0 Å². The van der Waals surface area contributed by atoms with Gasteiger partial charge >= 0.3 is 5.97 Å². The van der Waals surface area contributed by atoms with Crippen LogP contribution in [0.25, 0.3) is 10.8 Å². The van der Waals surface area contributed by atoms with E-state index in [1.807, 2.05) is 24.3 Å². The standard InChI is InChI=1S/C20H18N2O4/c23-18-5-2-13(3-6-20(25)26)10-17(18)22-19(24)11-14-1-4-15-7-8-21-12-16(15)9-14/h1-2,4-5,7-10,12,23H,3,6,11H2,(H,22,24)(H,25,26). The van der Waals surface area contributed by atoms with Crippen molar-refractivity contribution in [3.8, 4) is 5.75 Å². The summed E-state index contributed by atoms with van der Waals surface area (Å²) in [7, 11) is 0. The zero-order valence-corrected chi connectivity index (χ0v) is 14.0. The second-order valence-corrected chi connectivity index (χ2v) is 6.03. The number of benzene rings is 2. The summed E-state index contributed by atoms with van der Waals surface area (Å²) in [5.41, 5.74) is 1.85. The number of nitrogens with one attached hydrogen (secondary N) is 1. The number of fused-ring (bicyclic) bond motifs is 1. The molecule has 6 heteroatoms. The number of nitrogens with zero attached hydrogens (tertiary/aromatic N) is 1. The van der Waals surface area contributed by atoms with Crippen molar-refractivity contribution in [1.29, 1.82) is 0 Å². The number of anilines is 1. The number of pyridine rings is 1. The van der Waals surface area contributed by atoms with Crippen LogP contribution >= 0.6 is 0 Å². The van der Waals surface area contributed by atoms with Crippen LogP contribution in [-0.2, 0) is 22.4 Å². The molecule has 0 saturated carbocycles. The van der Waals surface area contributed by atoms with Gasteiger partial charge in [0.25, 0.3) is 0 Å². The van der Waals surface area contributed by atoms with Crippen LogP contribution in [0, 0.1) is 0 Å². The van der Waals surface area contributed by atoms with Gasteiger partial charge in [0, 0.05) is 24.2 Å². The van der Waals surface area contributed by atoms with Gasteiger partial charge in [-0.25, -0.2) is 0 Å². The van der Waals surface area contributed by atoms with Gasteiger partial charge in [-0.3, -0.25) is 14.6 Å². The maximum absolute atomic E-state index is 12.3. The molecule has 0 aliphatic heterocycles. The summed E-state index contributed by atoms with van der Waals surface area (Å²) < 4.78 is 0. The summed E-state index contributed by atoms with van der Waals surface area (Å²) in [6.45, 7) is 0. The van der Waals surface area contributed by atoms with Crippen LogP contribution in [0.1, 0.15) is 17.5 Å². The van der Waals surface area contributed by atoms with Gasteiger partial charge in [-0.05, 0) is 47.2 Å². The van der Waals surface area contributed by atoms with E-state index in [0.717, 1.165) is 21.9 Å². The number of amides is 1. The molecule has 0 aliphatic rings. The predicted molar refractivity (Wildman–Crippen MR) is 98.1 cm³/mol. The van der Waals surface area contributed by atoms with E-state index in [2.05, 4.69) is 10.3 Å². The van der Waals surface area contributed by atoms with E-state index in [1.165, 1.54) is 6.07 Å². The van der Waals surface area contributed by atoms with Gasteiger partial charge in [0.15, 0.2) is 0 Å². The van der Waals surface area contributed by atoms with E-state index in [0.29, 0.717) is 6.42 Å². The van der Waals surface area contributed by atoms with Crippen LogP contribution in [0.5, 0.6) is 5.75 Å². The molecule has 0 spiro atoms. The first-order chi connectivity index (χ1) is 12.5. The number of carboxylic acid groups (broad SMARTS) is 1. The molecular formula is C20H18N2O4. The number of aryl methyl sites for hydroxylation is 1. The molecule has 1 heterocycles. The minimum atomic E-state index is -0.894. The molecule has 26 heavy (non-hydrogen) atoms. The summed E-state index contributed by atoms with van der Waals surface area (Å²) in [6.07, 6.45) is 3.94. The van der Waals surface area contributed by atoms with E-state index >= 15 is 0 Å². The number of aliphatic carboxylic acids is 1. The maximum atomic E-state index is 12.3. The molecular weight excluding hydrogens is 332 g/mol. The van der Waals surface area contributed by atoms with Gasteiger partial charge < -0.3 is 15.5 Å². The van der Waals surface area contributed by atoms with Gasteiger partial charge in [0.1, 0.15) is 5.75 Å². The van der Waals surface area contributed by atoms with Crippen molar-refractivity contribution in [1.82, 2.24) is 4.98 Å². The van der Waals surface area contributed by atoms with Crippen molar-refractivity contribution in [2.75, 3.05) is 5.32 Å². The Bertz CT molecular complexity index is 969. The Hall–Kier alpha value is -3.41. The number of hydrogen-bond acceptors (Lipinski definition) is 4. The van der Waals surface area contributed by atoms with Gasteiger partial charge in [0.2, 0.25) is 5.91 Å². The van der Waals surface area contributed by atoms with Crippen LogP contribution in [0.15, 0.2) is 54.9 Å². The summed E-state index contributed by atoms with van der Waals surface area (Å²) in [5.74, 6) is -1.21. The number of aromatic hydroxyl groups is 1. The van der Waals surface area contributed by atoms with Crippen molar-refractivity contribution in [2.45, 2.75) is 19.3 Å². The third-order valence-corrected chi connectivity index (χ3v) is 4.03. The highest BCUT2D eigenvalue weighted by Crippen LogP contribution is 2.25. The summed E-state index contributed by atoms with van der Waals surface area (Å²) in [6, 6.07) is 12.3. The number of phenolic OH excluding ortho intramolecular Hbond substituents is 1. The van der Waals surface area contributed by atoms with E-state index in [1.54, 1.807) is 24.5 Å². The quantitative estimate of drug-likeness (QED) is 0.593. The second-order valence-electron chi connectivity index (χ2n) is 6.03. The predicted octanol–water partition coefficient (Wildman–Crippen LogP) is 3.14. The molecule has 3 rings (SSSR count). The Morgan fingerprint density at radius 2 is 1.81 bits per heavy atom. The van der Waals surface area contributed by atoms with Crippen molar-refractivity contribution in [3.05, 3.63) is 66.0 Å². The summed E-state index contributed by atoms with van der Waals surface area (Å²) in [5, 5.41) is 23.4. The Morgan fingerprint density at radius 3 is 2.62 bits per heavy atom. The van der Waals surface area contributed by atoms with E-state index in [4.69, 9.17) is 5.11 Å². The first-order valence-electron chi connectivity index (χ1n) is 8.17. The van der Waals surface area contributed by atoms with Crippen LogP contribution in [0.2, 0.25) is 0 Å². The summed E-state index contributed by atoms with van der Waals surface area (Å²) in [4.78, 5) is 27.1. The lowest BCUT2D eigenvalue weighted by molar-refractivity contribution is -0.137. The molecule has 1 amide bonds. The lowest BCUT2D eigenvalue weighted by Crippen LogP contribution is -2.14. The average molecular weight is 350 g/mol. The number of carbonyl (C=O) groups is 2. The normalized spacial score (nSPS) is 10.6. The minimum absolute atomic E-state index is 0.0106. The number of aromatic nitrogens is 1. The average Bonchev–Trinajstić information content (AvgIpc) is 2.62. The Morgan fingerprint density at radius 1 is 1.00 bits per heavy atom. The molecule has 132 valence electrons. The largest absolute Gasteiger partial charge is 0.506 e. The number of phenols is 1. The molecule has 0 bridgehead atoms. The zero-order valence-electron chi connectivity index (χ0n) is 14.0. The van der Waals surface area contributed by atoms with Gasteiger partial charge in [-0.15, -0.1) is 0 Å². The molecule has 1 aromatic heterocycles. The first-order valence-corrected chi connectivity index (χ1v) is 8.17. The van der Waals surface area contributed by atoms with Gasteiger partial charge in [-0.1, -0.05) is 18.2 Å². The fourth-order valence-electron chi connectivity index (χ4n) is 2.71. The molecule has 0 unspecified atom stereocenters. The van der Waals surface area contributed by atoms with Gasteiger partial charge in [0.05, 0.1) is 12.1 Å². The topological polar surface area (TPSA) is 99.5 Å². The number of hydrogen-bond donors (Lipinski definition) is 3. The third kappa shape index (κ3) is 4.36. The summed E-state index contributed by atoms with van der Waals surface area (Å²) >= 11 is 0.